The molecule has 48 heavy (non-hydrogen) atoms. The molecule has 0 N–H and O–H groups in total. The molecule has 0 saturated heterocycles. The molecule has 11 aromatic rings. The SMILES string of the molecule is c1ccc(-n2c3ccccc3c3ccc(-c4ccc5c6ccccc6n(-c6nc7c(ccc8sc9ccccc9c87)s6)c5c4)cc32)cc1. The zero-order valence-corrected chi connectivity index (χ0v) is 27.2. The highest BCUT2D eigenvalue weighted by atomic mass is 32.1. The molecule has 0 unspecified atom stereocenters. The third-order valence-electron chi connectivity index (χ3n) is 9.77. The van der Waals surface area contributed by atoms with Gasteiger partial charge < -0.3 is 4.57 Å². The number of thiophene rings is 1. The van der Waals surface area contributed by atoms with E-state index in [2.05, 4.69) is 161 Å². The monoisotopic (exact) mass is 647 g/mol. The highest BCUT2D eigenvalue weighted by Gasteiger charge is 2.19. The van der Waals surface area contributed by atoms with E-state index in [0.29, 0.717) is 0 Å². The Hall–Kier alpha value is -5.75. The van der Waals surface area contributed by atoms with E-state index < -0.39 is 0 Å². The Morgan fingerprint density at radius 3 is 1.69 bits per heavy atom. The van der Waals surface area contributed by atoms with Gasteiger partial charge in [0.2, 0.25) is 0 Å². The summed E-state index contributed by atoms with van der Waals surface area (Å²) in [6.45, 7) is 0. The lowest BCUT2D eigenvalue weighted by molar-refractivity contribution is 1.15. The summed E-state index contributed by atoms with van der Waals surface area (Å²) in [5, 5.41) is 8.54. The van der Waals surface area contributed by atoms with Gasteiger partial charge >= 0.3 is 0 Å². The number of aromatic nitrogens is 3. The van der Waals surface area contributed by atoms with Crippen LogP contribution in [0.15, 0.2) is 152 Å². The Morgan fingerprint density at radius 2 is 0.958 bits per heavy atom. The lowest BCUT2D eigenvalue weighted by Crippen LogP contribution is -1.94. The van der Waals surface area contributed by atoms with Gasteiger partial charge in [0, 0.05) is 47.4 Å². The molecular formula is C43H25N3S2. The van der Waals surface area contributed by atoms with Crippen LogP contribution in [-0.2, 0) is 0 Å². The summed E-state index contributed by atoms with van der Waals surface area (Å²) in [4.78, 5) is 5.40. The fourth-order valence-electron chi connectivity index (χ4n) is 7.65. The lowest BCUT2D eigenvalue weighted by atomic mass is 10.0. The van der Waals surface area contributed by atoms with Crippen molar-refractivity contribution in [1.29, 1.82) is 0 Å². The second-order valence-corrected chi connectivity index (χ2v) is 14.5. The second kappa shape index (κ2) is 9.88. The molecule has 0 amide bonds. The standard InChI is InChI=1S/C43H25N3S2/c1-2-10-28(11-3-1)45-34-15-7-4-12-29(34)31-20-18-26(24-36(31)45)27-19-21-32-30-13-5-8-16-35(30)46(37(32)25-27)43-44-42-40(48-43)23-22-39-41(42)33-14-6-9-17-38(33)47-39/h1-25H. The molecule has 0 saturated carbocycles. The third kappa shape index (κ3) is 3.66. The molecule has 0 bridgehead atoms. The number of benzene rings is 7. The largest absolute Gasteiger partial charge is 0.309 e. The van der Waals surface area contributed by atoms with Crippen LogP contribution in [0.4, 0.5) is 0 Å². The van der Waals surface area contributed by atoms with Gasteiger partial charge in [-0.2, -0.15) is 0 Å². The van der Waals surface area contributed by atoms with Crippen molar-refractivity contribution in [3.05, 3.63) is 152 Å². The maximum atomic E-state index is 5.40. The lowest BCUT2D eigenvalue weighted by Gasteiger charge is -2.09. The van der Waals surface area contributed by atoms with Crippen molar-refractivity contribution >= 4 is 96.7 Å². The molecule has 5 heteroatoms. The van der Waals surface area contributed by atoms with E-state index >= 15 is 0 Å². The number of rotatable bonds is 3. The van der Waals surface area contributed by atoms with Gasteiger partial charge in [-0.1, -0.05) is 108 Å². The first kappa shape index (κ1) is 26.3. The van der Waals surface area contributed by atoms with E-state index in [-0.39, 0.29) is 0 Å². The predicted molar refractivity (Wildman–Crippen MR) is 207 cm³/mol. The van der Waals surface area contributed by atoms with Gasteiger partial charge in [-0.3, -0.25) is 4.57 Å². The van der Waals surface area contributed by atoms with Gasteiger partial charge in [0.05, 0.1) is 32.3 Å². The first-order chi connectivity index (χ1) is 23.8. The molecule has 0 spiro atoms. The summed E-state index contributed by atoms with van der Waals surface area (Å²) < 4.78 is 8.56. The van der Waals surface area contributed by atoms with E-state index in [4.69, 9.17) is 4.98 Å². The number of para-hydroxylation sites is 3. The maximum absolute atomic E-state index is 5.40. The summed E-state index contributed by atoms with van der Waals surface area (Å²) in [6.07, 6.45) is 0. The number of hydrogen-bond donors (Lipinski definition) is 0. The smallest absolute Gasteiger partial charge is 0.195 e. The minimum absolute atomic E-state index is 0.996. The molecule has 0 aliphatic heterocycles. The van der Waals surface area contributed by atoms with Crippen molar-refractivity contribution in [2.24, 2.45) is 0 Å². The molecule has 4 heterocycles. The number of fused-ring (bicyclic) bond motifs is 11. The topological polar surface area (TPSA) is 22.8 Å². The van der Waals surface area contributed by atoms with E-state index in [1.165, 1.54) is 85.3 Å². The third-order valence-corrected chi connectivity index (χ3v) is 11.9. The molecule has 0 atom stereocenters. The molecule has 7 aromatic carbocycles. The van der Waals surface area contributed by atoms with Gasteiger partial charge in [-0.15, -0.1) is 11.3 Å². The molecule has 0 radical (unpaired) electrons. The molecule has 0 fully saturated rings. The van der Waals surface area contributed by atoms with Crippen LogP contribution in [0, 0.1) is 0 Å². The van der Waals surface area contributed by atoms with Gasteiger partial charge in [0.25, 0.3) is 0 Å². The molecule has 224 valence electrons. The average Bonchev–Trinajstić information content (AvgIpc) is 3.90. The molecule has 4 aromatic heterocycles. The van der Waals surface area contributed by atoms with Crippen LogP contribution in [-0.4, -0.2) is 14.1 Å². The van der Waals surface area contributed by atoms with Crippen LogP contribution < -0.4 is 0 Å². The second-order valence-electron chi connectivity index (χ2n) is 12.4. The number of hydrogen-bond acceptors (Lipinski definition) is 3. The van der Waals surface area contributed by atoms with Gasteiger partial charge in [0.15, 0.2) is 5.13 Å². The van der Waals surface area contributed by atoms with E-state index in [1.807, 2.05) is 11.3 Å². The zero-order valence-electron chi connectivity index (χ0n) is 25.6. The minimum atomic E-state index is 0.996. The molecule has 0 aliphatic rings. The Balaban J connectivity index is 1.16. The van der Waals surface area contributed by atoms with E-state index in [9.17, 15) is 0 Å². The van der Waals surface area contributed by atoms with Gasteiger partial charge in [-0.05, 0) is 65.7 Å². The van der Waals surface area contributed by atoms with Crippen molar-refractivity contribution in [2.75, 3.05) is 0 Å². The normalized spacial score (nSPS) is 12.2. The first-order valence-electron chi connectivity index (χ1n) is 16.1. The summed E-state index contributed by atoms with van der Waals surface area (Å²) in [7, 11) is 0. The van der Waals surface area contributed by atoms with Crippen LogP contribution in [0.25, 0.3) is 95.9 Å². The molecular weight excluding hydrogens is 623 g/mol. The maximum Gasteiger partial charge on any atom is 0.195 e. The molecule has 3 nitrogen and oxygen atoms in total. The number of nitrogens with zero attached hydrogens (tertiary/aromatic N) is 3. The van der Waals surface area contributed by atoms with Crippen molar-refractivity contribution in [3.8, 4) is 21.9 Å². The highest BCUT2D eigenvalue weighted by molar-refractivity contribution is 7.26. The Bertz CT molecular complexity index is 3070. The fraction of sp³-hybridized carbons (Fsp3) is 0. The summed E-state index contributed by atoms with van der Waals surface area (Å²) >= 11 is 3.62. The van der Waals surface area contributed by atoms with E-state index in [0.717, 1.165) is 10.6 Å². The van der Waals surface area contributed by atoms with Crippen LogP contribution in [0.2, 0.25) is 0 Å². The minimum Gasteiger partial charge on any atom is -0.309 e. The van der Waals surface area contributed by atoms with Gasteiger partial charge in [0.1, 0.15) is 0 Å². The summed E-state index contributed by atoms with van der Waals surface area (Å²) in [5.74, 6) is 0. The fourth-order valence-corrected chi connectivity index (χ4v) is 9.76. The van der Waals surface area contributed by atoms with Crippen molar-refractivity contribution in [1.82, 2.24) is 14.1 Å². The molecule has 11 rings (SSSR count). The average molecular weight is 648 g/mol. The predicted octanol–water partition coefficient (Wildman–Crippen LogP) is 12.5. The number of thiazole rings is 1. The van der Waals surface area contributed by atoms with Crippen LogP contribution >= 0.6 is 22.7 Å². The zero-order chi connectivity index (χ0) is 31.3. The van der Waals surface area contributed by atoms with Crippen molar-refractivity contribution in [3.63, 3.8) is 0 Å². The Morgan fingerprint density at radius 1 is 0.396 bits per heavy atom. The van der Waals surface area contributed by atoms with Crippen LogP contribution in [0.1, 0.15) is 0 Å². The van der Waals surface area contributed by atoms with Crippen LogP contribution in [0.3, 0.4) is 0 Å². The van der Waals surface area contributed by atoms with Gasteiger partial charge in [-0.25, -0.2) is 4.98 Å². The highest BCUT2D eigenvalue weighted by Crippen LogP contribution is 2.43. The van der Waals surface area contributed by atoms with Crippen molar-refractivity contribution < 1.29 is 0 Å². The quantitative estimate of drug-likeness (QED) is 0.187. The molecule has 0 aliphatic carbocycles. The first-order valence-corrected chi connectivity index (χ1v) is 17.8. The van der Waals surface area contributed by atoms with E-state index in [1.54, 1.807) is 11.3 Å². The van der Waals surface area contributed by atoms with Crippen molar-refractivity contribution in [2.45, 2.75) is 0 Å². The van der Waals surface area contributed by atoms with Crippen LogP contribution in [0.5, 0.6) is 0 Å². The Kier molecular flexibility index (Phi) is 5.42. The summed E-state index contributed by atoms with van der Waals surface area (Å²) in [6, 6.07) is 55.1. The summed E-state index contributed by atoms with van der Waals surface area (Å²) in [5.41, 5.74) is 9.40. The Labute approximate surface area is 283 Å².